The van der Waals surface area contributed by atoms with Gasteiger partial charge in [-0.2, -0.15) is 0 Å². The summed E-state index contributed by atoms with van der Waals surface area (Å²) < 4.78 is 0. The van der Waals surface area contributed by atoms with Gasteiger partial charge in [0.05, 0.1) is 21.9 Å². The van der Waals surface area contributed by atoms with Crippen molar-refractivity contribution in [1.82, 2.24) is 15.2 Å². The average molecular weight is 463 g/mol. The predicted octanol–water partition coefficient (Wildman–Crippen LogP) is 3.12. The Morgan fingerprint density at radius 3 is 2.52 bits per heavy atom. The van der Waals surface area contributed by atoms with Crippen molar-refractivity contribution in [3.63, 3.8) is 0 Å². The summed E-state index contributed by atoms with van der Waals surface area (Å²) >= 11 is 1.28. The Kier molecular flexibility index (Phi) is 7.24. The Morgan fingerprint density at radius 1 is 1.06 bits per heavy atom. The number of aromatic nitrogens is 1. The van der Waals surface area contributed by atoms with E-state index in [-0.39, 0.29) is 36.6 Å². The number of carbonyl (C=O) groups is 3. The van der Waals surface area contributed by atoms with Crippen LogP contribution in [0.1, 0.15) is 35.2 Å². The number of para-hydroxylation sites is 1. The highest BCUT2D eigenvalue weighted by Crippen LogP contribution is 2.26. The van der Waals surface area contributed by atoms with Gasteiger partial charge < -0.3 is 16.0 Å². The molecule has 2 aromatic carbocycles. The third-order valence-electron chi connectivity index (χ3n) is 5.39. The first kappa shape index (κ1) is 22.8. The molecule has 0 aliphatic heterocycles. The fraction of sp³-hybridized carbons (Fsp3) is 0.280. The number of hydrogen-bond donors (Lipinski definition) is 2. The Morgan fingerprint density at radius 2 is 1.79 bits per heavy atom. The minimum atomic E-state index is -0.448. The molecule has 1 aliphatic rings. The topological polar surface area (TPSA) is 105 Å². The first-order chi connectivity index (χ1) is 16.0. The Bertz CT molecular complexity index is 1160. The van der Waals surface area contributed by atoms with Gasteiger partial charge in [0.1, 0.15) is 0 Å². The highest BCUT2D eigenvalue weighted by Gasteiger charge is 2.25. The SMILES string of the molecule is NC(=O)CCN(Cc1ccccc1)C(=O)CSc1cc(C(=O)NC2CC2)c2ccccc2n1. The van der Waals surface area contributed by atoms with Crippen LogP contribution < -0.4 is 11.1 Å². The van der Waals surface area contributed by atoms with Crippen molar-refractivity contribution in [3.8, 4) is 0 Å². The van der Waals surface area contributed by atoms with Gasteiger partial charge in [-0.15, -0.1) is 0 Å². The lowest BCUT2D eigenvalue weighted by atomic mass is 10.1. The van der Waals surface area contributed by atoms with E-state index in [4.69, 9.17) is 5.73 Å². The predicted molar refractivity (Wildman–Crippen MR) is 129 cm³/mol. The number of nitrogens with zero attached hydrogens (tertiary/aromatic N) is 2. The van der Waals surface area contributed by atoms with E-state index in [9.17, 15) is 14.4 Å². The van der Waals surface area contributed by atoms with Crippen LogP contribution in [0, 0.1) is 0 Å². The number of benzene rings is 2. The van der Waals surface area contributed by atoms with Gasteiger partial charge in [-0.25, -0.2) is 4.98 Å². The zero-order valence-corrected chi connectivity index (χ0v) is 19.0. The largest absolute Gasteiger partial charge is 0.370 e. The maximum Gasteiger partial charge on any atom is 0.252 e. The number of thioether (sulfide) groups is 1. The molecule has 1 aliphatic carbocycles. The third kappa shape index (κ3) is 6.32. The van der Waals surface area contributed by atoms with E-state index >= 15 is 0 Å². The number of nitrogens with one attached hydrogen (secondary N) is 1. The lowest BCUT2D eigenvalue weighted by Crippen LogP contribution is -2.34. The van der Waals surface area contributed by atoms with Crippen LogP contribution in [0.5, 0.6) is 0 Å². The monoisotopic (exact) mass is 462 g/mol. The Labute approximate surface area is 196 Å². The van der Waals surface area contributed by atoms with E-state index in [1.165, 1.54) is 11.8 Å². The molecule has 3 amide bonds. The Balaban J connectivity index is 1.49. The van der Waals surface area contributed by atoms with Crippen molar-refractivity contribution < 1.29 is 14.4 Å². The molecule has 1 aromatic heterocycles. The van der Waals surface area contributed by atoms with E-state index in [0.29, 0.717) is 22.7 Å². The normalized spacial score (nSPS) is 13.0. The second-order valence-corrected chi connectivity index (χ2v) is 9.07. The molecule has 1 saturated carbocycles. The number of carbonyl (C=O) groups excluding carboxylic acids is 3. The second-order valence-electron chi connectivity index (χ2n) is 8.08. The molecule has 0 spiro atoms. The van der Waals surface area contributed by atoms with Crippen molar-refractivity contribution >= 4 is 40.4 Å². The summed E-state index contributed by atoms with van der Waals surface area (Å²) in [6, 6.07) is 19.1. The van der Waals surface area contributed by atoms with Gasteiger partial charge in [0.15, 0.2) is 0 Å². The summed E-state index contributed by atoms with van der Waals surface area (Å²) in [4.78, 5) is 43.4. The smallest absolute Gasteiger partial charge is 0.252 e. The summed E-state index contributed by atoms with van der Waals surface area (Å²) in [5, 5.41) is 4.43. The number of amides is 3. The number of nitrogens with two attached hydrogens (primary N) is 1. The van der Waals surface area contributed by atoms with Crippen LogP contribution in [0.2, 0.25) is 0 Å². The van der Waals surface area contributed by atoms with Crippen LogP contribution >= 0.6 is 11.8 Å². The maximum atomic E-state index is 13.0. The van der Waals surface area contributed by atoms with Crippen LogP contribution in [0.3, 0.4) is 0 Å². The van der Waals surface area contributed by atoms with Gasteiger partial charge in [0.25, 0.3) is 5.91 Å². The lowest BCUT2D eigenvalue weighted by Gasteiger charge is -2.22. The highest BCUT2D eigenvalue weighted by molar-refractivity contribution is 7.99. The molecule has 33 heavy (non-hydrogen) atoms. The van der Waals surface area contributed by atoms with E-state index < -0.39 is 5.91 Å². The molecule has 170 valence electrons. The average Bonchev–Trinajstić information content (AvgIpc) is 3.64. The van der Waals surface area contributed by atoms with Gasteiger partial charge in [-0.1, -0.05) is 60.3 Å². The zero-order valence-electron chi connectivity index (χ0n) is 18.2. The molecule has 4 rings (SSSR count). The van der Waals surface area contributed by atoms with Crippen molar-refractivity contribution in [3.05, 3.63) is 71.8 Å². The van der Waals surface area contributed by atoms with E-state index in [2.05, 4.69) is 10.3 Å². The van der Waals surface area contributed by atoms with Gasteiger partial charge in [-0.05, 0) is 30.5 Å². The third-order valence-corrected chi connectivity index (χ3v) is 6.29. The zero-order chi connectivity index (χ0) is 23.2. The van der Waals surface area contributed by atoms with Crippen LogP contribution in [-0.4, -0.2) is 45.9 Å². The molecule has 0 atom stereocenters. The fourth-order valence-electron chi connectivity index (χ4n) is 3.47. The molecule has 0 unspecified atom stereocenters. The molecule has 1 fully saturated rings. The number of pyridine rings is 1. The highest BCUT2D eigenvalue weighted by atomic mass is 32.2. The summed E-state index contributed by atoms with van der Waals surface area (Å²) in [6.45, 7) is 0.650. The van der Waals surface area contributed by atoms with E-state index in [1.807, 2.05) is 54.6 Å². The quantitative estimate of drug-likeness (QED) is 0.451. The Hall–Kier alpha value is -3.39. The van der Waals surface area contributed by atoms with Crippen molar-refractivity contribution in [2.45, 2.75) is 36.9 Å². The summed E-state index contributed by atoms with van der Waals surface area (Å²) in [5.74, 6) is -0.544. The standard InChI is InChI=1S/C25H26N4O3S/c26-22(30)12-13-29(15-17-6-2-1-3-7-17)24(31)16-33-23-14-20(25(32)27-18-10-11-18)19-8-4-5-9-21(19)28-23/h1-9,14,18H,10-13,15-16H2,(H2,26,30)(H,27,32). The molecule has 3 aromatic rings. The molecule has 8 heteroatoms. The first-order valence-electron chi connectivity index (χ1n) is 10.9. The number of fused-ring (bicyclic) bond motifs is 1. The van der Waals surface area contributed by atoms with Crippen LogP contribution in [-0.2, 0) is 16.1 Å². The molecule has 3 N–H and O–H groups in total. The van der Waals surface area contributed by atoms with Crippen molar-refractivity contribution in [1.29, 1.82) is 0 Å². The maximum absolute atomic E-state index is 13.0. The van der Waals surface area contributed by atoms with E-state index in [0.717, 1.165) is 23.8 Å². The van der Waals surface area contributed by atoms with Gasteiger partial charge >= 0.3 is 0 Å². The van der Waals surface area contributed by atoms with Crippen molar-refractivity contribution in [2.75, 3.05) is 12.3 Å². The lowest BCUT2D eigenvalue weighted by molar-refractivity contribution is -0.129. The molecular weight excluding hydrogens is 436 g/mol. The van der Waals surface area contributed by atoms with Crippen LogP contribution in [0.25, 0.3) is 10.9 Å². The second kappa shape index (κ2) is 10.5. The number of primary amides is 1. The summed E-state index contributed by atoms with van der Waals surface area (Å²) in [5.41, 5.74) is 7.56. The minimum absolute atomic E-state index is 0.100. The molecule has 0 saturated heterocycles. The molecule has 0 radical (unpaired) electrons. The fourth-order valence-corrected chi connectivity index (χ4v) is 4.29. The number of hydrogen-bond acceptors (Lipinski definition) is 5. The van der Waals surface area contributed by atoms with Crippen LogP contribution in [0.4, 0.5) is 0 Å². The minimum Gasteiger partial charge on any atom is -0.370 e. The molecule has 1 heterocycles. The van der Waals surface area contributed by atoms with Crippen molar-refractivity contribution in [2.24, 2.45) is 5.73 Å². The van der Waals surface area contributed by atoms with E-state index in [1.54, 1.807) is 11.0 Å². The molecule has 0 bridgehead atoms. The molecule has 7 nitrogen and oxygen atoms in total. The van der Waals surface area contributed by atoms with Crippen LogP contribution in [0.15, 0.2) is 65.7 Å². The summed E-state index contributed by atoms with van der Waals surface area (Å²) in [7, 11) is 0. The number of rotatable bonds is 10. The molecular formula is C25H26N4O3S. The van der Waals surface area contributed by atoms with Gasteiger partial charge in [0.2, 0.25) is 11.8 Å². The van der Waals surface area contributed by atoms with Gasteiger partial charge in [-0.3, -0.25) is 14.4 Å². The van der Waals surface area contributed by atoms with Gasteiger partial charge in [0, 0.05) is 30.9 Å². The summed E-state index contributed by atoms with van der Waals surface area (Å²) in [6.07, 6.45) is 2.11. The first-order valence-corrected chi connectivity index (χ1v) is 11.9.